The zero-order valence-corrected chi connectivity index (χ0v) is 10.7. The van der Waals surface area contributed by atoms with Crippen molar-refractivity contribution in [1.29, 1.82) is 0 Å². The van der Waals surface area contributed by atoms with Crippen molar-refractivity contribution in [3.05, 3.63) is 29.8 Å². The van der Waals surface area contributed by atoms with E-state index in [0.717, 1.165) is 18.0 Å². The quantitative estimate of drug-likeness (QED) is 0.454. The lowest BCUT2D eigenvalue weighted by Gasteiger charge is -2.05. The fourth-order valence-electron chi connectivity index (χ4n) is 1.77. The normalized spacial score (nSPS) is 14.3. The number of thioether (sulfide) groups is 1. The summed E-state index contributed by atoms with van der Waals surface area (Å²) in [6.07, 6.45) is 4.39. The summed E-state index contributed by atoms with van der Waals surface area (Å²) >= 11 is 1.67. The first-order valence-electron chi connectivity index (χ1n) is 5.74. The summed E-state index contributed by atoms with van der Waals surface area (Å²) < 4.78 is 0. The number of nitrogens with zero attached hydrogens (tertiary/aromatic N) is 1. The molecule has 2 rings (SSSR count). The minimum atomic E-state index is -0.0930. The van der Waals surface area contributed by atoms with Crippen LogP contribution in [0.2, 0.25) is 0 Å². The van der Waals surface area contributed by atoms with Crippen molar-refractivity contribution in [3.8, 4) is 12.0 Å². The van der Waals surface area contributed by atoms with Gasteiger partial charge in [-0.25, -0.2) is 0 Å². The highest BCUT2D eigenvalue weighted by molar-refractivity contribution is 7.98. The van der Waals surface area contributed by atoms with Crippen molar-refractivity contribution in [2.45, 2.75) is 17.7 Å². The third-order valence-electron chi connectivity index (χ3n) is 2.79. The molecule has 0 N–H and O–H groups in total. The van der Waals surface area contributed by atoms with Crippen LogP contribution in [0.3, 0.4) is 0 Å². The average Bonchev–Trinajstić information content (AvgIpc) is 2.89. The standard InChI is InChI=1S/C14H15NOS/c1-17-13-6-4-12(5-7-13)14(16)8-11-15-9-2-3-10-15/h4-7H,2-3,9-10H2,1H3. The fourth-order valence-corrected chi connectivity index (χ4v) is 2.18. The number of carbonyl (C=O) groups is 1. The lowest BCUT2D eigenvalue weighted by molar-refractivity contribution is 0.105. The molecule has 0 unspecified atom stereocenters. The van der Waals surface area contributed by atoms with Crippen molar-refractivity contribution < 1.29 is 4.79 Å². The maximum Gasteiger partial charge on any atom is 0.237 e. The van der Waals surface area contributed by atoms with E-state index in [9.17, 15) is 4.79 Å². The molecule has 0 radical (unpaired) electrons. The van der Waals surface area contributed by atoms with Crippen LogP contribution >= 0.6 is 11.8 Å². The van der Waals surface area contributed by atoms with Crippen LogP contribution in [0.5, 0.6) is 0 Å². The fraction of sp³-hybridized carbons (Fsp3) is 0.357. The summed E-state index contributed by atoms with van der Waals surface area (Å²) in [7, 11) is 0. The minimum Gasteiger partial charge on any atom is -0.332 e. The molecule has 1 aromatic rings. The molecule has 0 bridgehead atoms. The Labute approximate surface area is 106 Å². The van der Waals surface area contributed by atoms with Crippen LogP contribution in [0.15, 0.2) is 29.2 Å². The van der Waals surface area contributed by atoms with E-state index < -0.39 is 0 Å². The van der Waals surface area contributed by atoms with Gasteiger partial charge in [0.25, 0.3) is 0 Å². The molecule has 0 aromatic heterocycles. The maximum absolute atomic E-state index is 11.8. The van der Waals surface area contributed by atoms with Crippen molar-refractivity contribution >= 4 is 17.5 Å². The molecule has 88 valence electrons. The van der Waals surface area contributed by atoms with Gasteiger partial charge in [0.05, 0.1) is 0 Å². The van der Waals surface area contributed by atoms with Crippen LogP contribution in [0.1, 0.15) is 23.2 Å². The third kappa shape index (κ3) is 3.28. The SMILES string of the molecule is CSc1ccc(C(=O)C#CN2CCCC2)cc1. The lowest BCUT2D eigenvalue weighted by atomic mass is 10.1. The van der Waals surface area contributed by atoms with Gasteiger partial charge in [-0.1, -0.05) is 0 Å². The van der Waals surface area contributed by atoms with Crippen molar-refractivity contribution in [2.24, 2.45) is 0 Å². The predicted octanol–water partition coefficient (Wildman–Crippen LogP) is 2.65. The number of ketones is 1. The Kier molecular flexibility index (Phi) is 4.11. The van der Waals surface area contributed by atoms with Crippen LogP contribution in [0.4, 0.5) is 0 Å². The first-order valence-corrected chi connectivity index (χ1v) is 6.97. The van der Waals surface area contributed by atoms with Crippen LogP contribution in [0.25, 0.3) is 0 Å². The topological polar surface area (TPSA) is 20.3 Å². The van der Waals surface area contributed by atoms with E-state index >= 15 is 0 Å². The van der Waals surface area contributed by atoms with E-state index in [0.29, 0.717) is 5.56 Å². The molecule has 1 aliphatic rings. The van der Waals surface area contributed by atoms with E-state index in [2.05, 4.69) is 12.0 Å². The molecule has 2 nitrogen and oxygen atoms in total. The number of carbonyl (C=O) groups excluding carboxylic acids is 1. The average molecular weight is 245 g/mol. The van der Waals surface area contributed by atoms with Gasteiger partial charge in [0.15, 0.2) is 0 Å². The van der Waals surface area contributed by atoms with Gasteiger partial charge in [-0.2, -0.15) is 0 Å². The highest BCUT2D eigenvalue weighted by Crippen LogP contribution is 2.15. The van der Waals surface area contributed by atoms with Gasteiger partial charge in [-0.15, -0.1) is 11.8 Å². The number of Topliss-reactive ketones (excluding diaryl/α,β-unsaturated/α-hetero) is 1. The van der Waals surface area contributed by atoms with Crippen LogP contribution in [0, 0.1) is 12.0 Å². The third-order valence-corrected chi connectivity index (χ3v) is 3.53. The zero-order valence-electron chi connectivity index (χ0n) is 9.90. The summed E-state index contributed by atoms with van der Waals surface area (Å²) in [5.41, 5.74) is 0.675. The monoisotopic (exact) mass is 245 g/mol. The molecular weight excluding hydrogens is 230 g/mol. The molecule has 1 aliphatic heterocycles. The number of benzene rings is 1. The number of rotatable bonds is 2. The summed E-state index contributed by atoms with van der Waals surface area (Å²) in [5.74, 6) is 2.62. The van der Waals surface area contributed by atoms with E-state index in [-0.39, 0.29) is 5.78 Å². The molecule has 1 heterocycles. The lowest BCUT2D eigenvalue weighted by Crippen LogP contribution is -2.12. The highest BCUT2D eigenvalue weighted by Gasteiger charge is 2.07. The molecule has 0 saturated carbocycles. The number of likely N-dealkylation sites (tertiary alicyclic amines) is 1. The predicted molar refractivity (Wildman–Crippen MR) is 71.1 cm³/mol. The minimum absolute atomic E-state index is 0.0930. The molecule has 1 fully saturated rings. The first kappa shape index (κ1) is 12.1. The molecule has 0 amide bonds. The Morgan fingerprint density at radius 1 is 1.24 bits per heavy atom. The van der Waals surface area contributed by atoms with Gasteiger partial charge >= 0.3 is 0 Å². The van der Waals surface area contributed by atoms with Gasteiger partial charge in [0.1, 0.15) is 0 Å². The molecule has 0 aliphatic carbocycles. The Balaban J connectivity index is 2.03. The van der Waals surface area contributed by atoms with Gasteiger partial charge in [-0.05, 0) is 49.3 Å². The Bertz CT molecular complexity index is 449. The van der Waals surface area contributed by atoms with Crippen LogP contribution in [-0.4, -0.2) is 30.0 Å². The van der Waals surface area contributed by atoms with Crippen LogP contribution in [-0.2, 0) is 0 Å². The molecular formula is C14H15NOS. The molecule has 1 aromatic carbocycles. The molecule has 0 spiro atoms. The summed E-state index contributed by atoms with van der Waals surface area (Å²) in [5, 5.41) is 0. The summed E-state index contributed by atoms with van der Waals surface area (Å²) in [6.45, 7) is 1.98. The smallest absolute Gasteiger partial charge is 0.237 e. The number of hydrogen-bond donors (Lipinski definition) is 0. The second-order valence-electron chi connectivity index (χ2n) is 3.99. The summed E-state index contributed by atoms with van der Waals surface area (Å²) in [6, 6.07) is 10.5. The van der Waals surface area contributed by atoms with E-state index in [1.54, 1.807) is 11.8 Å². The molecule has 0 atom stereocenters. The molecule has 1 saturated heterocycles. The zero-order chi connectivity index (χ0) is 12.1. The molecule has 3 heteroatoms. The van der Waals surface area contributed by atoms with Gasteiger partial charge in [0, 0.05) is 29.6 Å². The van der Waals surface area contributed by atoms with Gasteiger partial charge < -0.3 is 4.90 Å². The van der Waals surface area contributed by atoms with Crippen molar-refractivity contribution in [2.75, 3.05) is 19.3 Å². The summed E-state index contributed by atoms with van der Waals surface area (Å²) in [4.78, 5) is 15.0. The molecule has 17 heavy (non-hydrogen) atoms. The van der Waals surface area contributed by atoms with Crippen molar-refractivity contribution in [1.82, 2.24) is 4.90 Å². The largest absolute Gasteiger partial charge is 0.332 e. The Morgan fingerprint density at radius 3 is 2.47 bits per heavy atom. The van der Waals surface area contributed by atoms with Crippen molar-refractivity contribution in [3.63, 3.8) is 0 Å². The maximum atomic E-state index is 11.8. The Morgan fingerprint density at radius 2 is 1.88 bits per heavy atom. The second-order valence-corrected chi connectivity index (χ2v) is 4.87. The van der Waals surface area contributed by atoms with E-state index in [1.807, 2.05) is 35.4 Å². The van der Waals surface area contributed by atoms with Gasteiger partial charge in [0.2, 0.25) is 5.78 Å². The van der Waals surface area contributed by atoms with E-state index in [1.165, 1.54) is 12.8 Å². The second kappa shape index (κ2) is 5.79. The first-order chi connectivity index (χ1) is 8.29. The number of hydrogen-bond acceptors (Lipinski definition) is 3. The van der Waals surface area contributed by atoms with E-state index in [4.69, 9.17) is 0 Å². The Hall–Kier alpha value is -1.40. The van der Waals surface area contributed by atoms with Crippen LogP contribution < -0.4 is 0 Å². The highest BCUT2D eigenvalue weighted by atomic mass is 32.2. The van der Waals surface area contributed by atoms with Gasteiger partial charge in [-0.3, -0.25) is 4.79 Å².